The first-order chi connectivity index (χ1) is 8.54. The monoisotopic (exact) mass is 326 g/mol. The molecule has 3 nitrogen and oxygen atoms in total. The Hall–Kier alpha value is -1.13. The van der Waals surface area contributed by atoms with Gasteiger partial charge in [-0.15, -0.1) is 0 Å². The summed E-state index contributed by atoms with van der Waals surface area (Å²) in [5.74, 6) is 0.0852. The van der Waals surface area contributed by atoms with E-state index in [0.717, 1.165) is 10.0 Å². The molecule has 0 aliphatic carbocycles. The zero-order valence-corrected chi connectivity index (χ0v) is 12.2. The van der Waals surface area contributed by atoms with Gasteiger partial charge in [0, 0.05) is 34.7 Å². The highest BCUT2D eigenvalue weighted by Crippen LogP contribution is 2.21. The molecule has 0 bridgehead atoms. The summed E-state index contributed by atoms with van der Waals surface area (Å²) in [5, 5.41) is 4.64. The number of Topliss-reactive ketones (excluding diaryl/α,β-unsaturated/α-hetero) is 1. The molecule has 0 saturated carbocycles. The van der Waals surface area contributed by atoms with E-state index in [9.17, 15) is 4.79 Å². The maximum absolute atomic E-state index is 12.0. The van der Waals surface area contributed by atoms with Gasteiger partial charge in [0.15, 0.2) is 5.78 Å². The van der Waals surface area contributed by atoms with Crippen LogP contribution in [0.3, 0.4) is 0 Å². The highest BCUT2D eigenvalue weighted by molar-refractivity contribution is 9.10. The molecule has 0 spiro atoms. The zero-order chi connectivity index (χ0) is 13.1. The van der Waals surface area contributed by atoms with Crippen molar-refractivity contribution in [2.24, 2.45) is 7.05 Å². The van der Waals surface area contributed by atoms with E-state index in [-0.39, 0.29) is 5.78 Å². The summed E-state index contributed by atoms with van der Waals surface area (Å²) in [4.78, 5) is 12.0. The third kappa shape index (κ3) is 3.43. The summed E-state index contributed by atoms with van der Waals surface area (Å²) >= 11 is 9.25. The van der Waals surface area contributed by atoms with E-state index in [1.54, 1.807) is 29.1 Å². The Balaban J connectivity index is 2.03. The van der Waals surface area contributed by atoms with Crippen LogP contribution in [0.25, 0.3) is 0 Å². The van der Waals surface area contributed by atoms with E-state index in [0.29, 0.717) is 23.4 Å². The maximum atomic E-state index is 12.0. The van der Waals surface area contributed by atoms with Crippen molar-refractivity contribution in [3.8, 4) is 0 Å². The van der Waals surface area contributed by atoms with E-state index < -0.39 is 0 Å². The number of ketones is 1. The molecule has 0 radical (unpaired) electrons. The SMILES string of the molecule is Cn1cc(CCC(=O)c2cc(Cl)cc(Br)c2)cn1. The van der Waals surface area contributed by atoms with Crippen LogP contribution >= 0.6 is 27.5 Å². The minimum atomic E-state index is 0.0852. The first-order valence-electron chi connectivity index (χ1n) is 5.51. The van der Waals surface area contributed by atoms with Gasteiger partial charge in [-0.25, -0.2) is 0 Å². The first-order valence-corrected chi connectivity index (χ1v) is 6.68. The number of hydrogen-bond acceptors (Lipinski definition) is 2. The average Bonchev–Trinajstić information content (AvgIpc) is 2.70. The Labute approximate surface area is 119 Å². The molecule has 0 aliphatic heterocycles. The van der Waals surface area contributed by atoms with Crippen molar-refractivity contribution in [3.05, 3.63) is 51.2 Å². The number of aryl methyl sites for hydroxylation is 2. The Kier molecular flexibility index (Phi) is 4.19. The molecule has 1 aromatic carbocycles. The van der Waals surface area contributed by atoms with Gasteiger partial charge in [0.25, 0.3) is 0 Å². The molecule has 0 saturated heterocycles. The number of rotatable bonds is 4. The van der Waals surface area contributed by atoms with Crippen molar-refractivity contribution in [2.45, 2.75) is 12.8 Å². The Bertz CT molecular complexity index is 560. The third-order valence-corrected chi connectivity index (χ3v) is 3.26. The van der Waals surface area contributed by atoms with E-state index >= 15 is 0 Å². The summed E-state index contributed by atoms with van der Waals surface area (Å²) in [6.45, 7) is 0. The van der Waals surface area contributed by atoms with Crippen LogP contribution in [0.15, 0.2) is 35.1 Å². The molecule has 5 heteroatoms. The van der Waals surface area contributed by atoms with Crippen molar-refractivity contribution in [1.29, 1.82) is 0 Å². The maximum Gasteiger partial charge on any atom is 0.163 e. The van der Waals surface area contributed by atoms with Crippen LogP contribution in [0.5, 0.6) is 0 Å². The molecule has 94 valence electrons. The molecule has 2 rings (SSSR count). The smallest absolute Gasteiger partial charge is 0.163 e. The summed E-state index contributed by atoms with van der Waals surface area (Å²) in [6, 6.07) is 5.24. The number of aromatic nitrogens is 2. The average molecular weight is 328 g/mol. The quantitative estimate of drug-likeness (QED) is 0.803. The van der Waals surface area contributed by atoms with Gasteiger partial charge in [0.05, 0.1) is 6.20 Å². The molecule has 18 heavy (non-hydrogen) atoms. The van der Waals surface area contributed by atoms with Gasteiger partial charge in [-0.1, -0.05) is 27.5 Å². The van der Waals surface area contributed by atoms with E-state index in [4.69, 9.17) is 11.6 Å². The second kappa shape index (κ2) is 5.67. The van der Waals surface area contributed by atoms with Crippen LogP contribution in [-0.4, -0.2) is 15.6 Å². The summed E-state index contributed by atoms with van der Waals surface area (Å²) in [7, 11) is 1.86. The molecule has 1 aromatic heterocycles. The largest absolute Gasteiger partial charge is 0.294 e. The van der Waals surface area contributed by atoms with Gasteiger partial charge in [0.1, 0.15) is 0 Å². The summed E-state index contributed by atoms with van der Waals surface area (Å²) < 4.78 is 2.55. The van der Waals surface area contributed by atoms with Gasteiger partial charge in [-0.2, -0.15) is 5.10 Å². The molecule has 0 aliphatic rings. The van der Waals surface area contributed by atoms with Crippen LogP contribution < -0.4 is 0 Å². The lowest BCUT2D eigenvalue weighted by atomic mass is 10.0. The lowest BCUT2D eigenvalue weighted by molar-refractivity contribution is 0.0983. The highest BCUT2D eigenvalue weighted by atomic mass is 79.9. The van der Waals surface area contributed by atoms with Crippen molar-refractivity contribution in [2.75, 3.05) is 0 Å². The first kappa shape index (κ1) is 13.3. The second-order valence-electron chi connectivity index (χ2n) is 4.10. The Morgan fingerprint density at radius 3 is 2.83 bits per heavy atom. The minimum Gasteiger partial charge on any atom is -0.294 e. The Morgan fingerprint density at radius 2 is 2.22 bits per heavy atom. The van der Waals surface area contributed by atoms with Gasteiger partial charge < -0.3 is 0 Å². The van der Waals surface area contributed by atoms with Crippen LogP contribution in [-0.2, 0) is 13.5 Å². The molecule has 0 N–H and O–H groups in total. The molecule has 0 fully saturated rings. The Morgan fingerprint density at radius 1 is 1.44 bits per heavy atom. The fourth-order valence-electron chi connectivity index (χ4n) is 1.72. The van der Waals surface area contributed by atoms with Crippen molar-refractivity contribution in [1.82, 2.24) is 9.78 Å². The van der Waals surface area contributed by atoms with Crippen LogP contribution in [0, 0.1) is 0 Å². The molecule has 0 amide bonds. The second-order valence-corrected chi connectivity index (χ2v) is 5.46. The summed E-state index contributed by atoms with van der Waals surface area (Å²) in [5.41, 5.74) is 1.70. The molecule has 1 heterocycles. The number of benzene rings is 1. The van der Waals surface area contributed by atoms with Crippen LogP contribution in [0.2, 0.25) is 5.02 Å². The predicted molar refractivity (Wildman–Crippen MR) is 75.0 cm³/mol. The molecular formula is C13H12BrClN2O. The van der Waals surface area contributed by atoms with Gasteiger partial charge in [-0.05, 0) is 30.2 Å². The van der Waals surface area contributed by atoms with E-state index in [2.05, 4.69) is 21.0 Å². The fraction of sp³-hybridized carbons (Fsp3) is 0.231. The van der Waals surface area contributed by atoms with Gasteiger partial charge in [-0.3, -0.25) is 9.48 Å². The number of halogens is 2. The van der Waals surface area contributed by atoms with Gasteiger partial charge in [0.2, 0.25) is 0 Å². The fourth-order valence-corrected chi connectivity index (χ4v) is 2.58. The van der Waals surface area contributed by atoms with Crippen molar-refractivity contribution in [3.63, 3.8) is 0 Å². The lowest BCUT2D eigenvalue weighted by Crippen LogP contribution is -2.01. The van der Waals surface area contributed by atoms with Crippen molar-refractivity contribution < 1.29 is 4.79 Å². The van der Waals surface area contributed by atoms with Crippen molar-refractivity contribution >= 4 is 33.3 Å². The molecular weight excluding hydrogens is 316 g/mol. The topological polar surface area (TPSA) is 34.9 Å². The van der Waals surface area contributed by atoms with E-state index in [1.807, 2.05) is 13.2 Å². The van der Waals surface area contributed by atoms with Crippen LogP contribution in [0.4, 0.5) is 0 Å². The number of hydrogen-bond donors (Lipinski definition) is 0. The van der Waals surface area contributed by atoms with E-state index in [1.165, 1.54) is 0 Å². The molecule has 2 aromatic rings. The minimum absolute atomic E-state index is 0.0852. The predicted octanol–water partition coefficient (Wildman–Crippen LogP) is 3.65. The number of nitrogens with zero attached hydrogens (tertiary/aromatic N) is 2. The standard InChI is InChI=1S/C13H12BrClN2O/c1-17-8-9(7-16-17)2-3-13(18)10-4-11(14)6-12(15)5-10/h4-8H,2-3H2,1H3. The normalized spacial score (nSPS) is 10.6. The summed E-state index contributed by atoms with van der Waals surface area (Å²) in [6.07, 6.45) is 4.84. The third-order valence-electron chi connectivity index (χ3n) is 2.58. The number of carbonyl (C=O) groups excluding carboxylic acids is 1. The van der Waals surface area contributed by atoms with Crippen LogP contribution in [0.1, 0.15) is 22.3 Å². The molecule has 0 atom stereocenters. The number of carbonyl (C=O) groups is 1. The van der Waals surface area contributed by atoms with Gasteiger partial charge >= 0.3 is 0 Å². The zero-order valence-electron chi connectivity index (χ0n) is 9.86. The molecule has 0 unspecified atom stereocenters. The lowest BCUT2D eigenvalue weighted by Gasteiger charge is -2.02. The highest BCUT2D eigenvalue weighted by Gasteiger charge is 2.08.